The number of nitrogens with zero attached hydrogens (tertiary/aromatic N) is 1. The molecule has 22 heavy (non-hydrogen) atoms. The van der Waals surface area contributed by atoms with Crippen LogP contribution in [-0.4, -0.2) is 23.4 Å². The Labute approximate surface area is 147 Å². The van der Waals surface area contributed by atoms with Crippen molar-refractivity contribution in [1.29, 1.82) is 0 Å². The van der Waals surface area contributed by atoms with E-state index in [2.05, 4.69) is 52.2 Å². The Hall–Kier alpha value is 0.429. The minimum absolute atomic E-state index is 0.645. The minimum atomic E-state index is -2.20. The molecular formula is C19H37NSSn. The van der Waals surface area contributed by atoms with Crippen LogP contribution in [0.2, 0.25) is 13.3 Å². The zero-order chi connectivity index (χ0) is 16.4. The van der Waals surface area contributed by atoms with Crippen molar-refractivity contribution in [2.45, 2.75) is 98.8 Å². The molecule has 1 aromatic rings. The molecule has 0 spiro atoms. The Bertz CT molecular complexity index is 380. The Morgan fingerprint density at radius 3 is 1.86 bits per heavy atom. The molecule has 1 unspecified atom stereocenters. The van der Waals surface area contributed by atoms with Crippen molar-refractivity contribution < 1.29 is 0 Å². The summed E-state index contributed by atoms with van der Waals surface area (Å²) in [5.74, 6) is 0.645. The van der Waals surface area contributed by atoms with E-state index in [-0.39, 0.29) is 0 Å². The third-order valence-corrected chi connectivity index (χ3v) is 24.5. The number of hydrogen-bond acceptors (Lipinski definition) is 2. The van der Waals surface area contributed by atoms with Crippen molar-refractivity contribution in [1.82, 2.24) is 4.98 Å². The molecule has 0 aliphatic carbocycles. The molecule has 1 atom stereocenters. The Morgan fingerprint density at radius 1 is 0.955 bits per heavy atom. The molecular weight excluding hydrogens is 393 g/mol. The Kier molecular flexibility index (Phi) is 10.3. The molecule has 1 aromatic heterocycles. The SMILES string of the molecule is CCC[CH2][Sn]([CH2]CCC)([CH2]CCC)[c]1cnc(C(C)CC)s1. The molecule has 0 saturated carbocycles. The molecule has 0 N–H and O–H groups in total. The maximum atomic E-state index is 4.85. The molecule has 0 aromatic carbocycles. The van der Waals surface area contributed by atoms with Crippen molar-refractivity contribution in [3.05, 3.63) is 11.2 Å². The summed E-state index contributed by atoms with van der Waals surface area (Å²) in [6, 6.07) is 0. The van der Waals surface area contributed by atoms with Crippen LogP contribution in [0.15, 0.2) is 6.20 Å². The van der Waals surface area contributed by atoms with Crippen LogP contribution in [-0.2, 0) is 0 Å². The van der Waals surface area contributed by atoms with Gasteiger partial charge in [-0.25, -0.2) is 0 Å². The van der Waals surface area contributed by atoms with Gasteiger partial charge < -0.3 is 0 Å². The van der Waals surface area contributed by atoms with Gasteiger partial charge in [-0.1, -0.05) is 0 Å². The maximum absolute atomic E-state index is 4.85. The van der Waals surface area contributed by atoms with Gasteiger partial charge >= 0.3 is 148 Å². The summed E-state index contributed by atoms with van der Waals surface area (Å²) in [5, 5.41) is 1.41. The van der Waals surface area contributed by atoms with E-state index in [9.17, 15) is 0 Å². The average Bonchev–Trinajstić information content (AvgIpc) is 3.04. The van der Waals surface area contributed by atoms with Crippen molar-refractivity contribution in [2.24, 2.45) is 0 Å². The number of thiazole rings is 1. The van der Waals surface area contributed by atoms with E-state index in [1.807, 2.05) is 0 Å². The van der Waals surface area contributed by atoms with Gasteiger partial charge in [0.05, 0.1) is 0 Å². The molecule has 1 heterocycles. The third-order valence-electron chi connectivity index (χ3n) is 5.11. The first-order chi connectivity index (χ1) is 10.6. The predicted molar refractivity (Wildman–Crippen MR) is 105 cm³/mol. The normalized spacial score (nSPS) is 13.5. The van der Waals surface area contributed by atoms with Gasteiger partial charge in [-0.2, -0.15) is 0 Å². The van der Waals surface area contributed by atoms with E-state index in [0.717, 1.165) is 0 Å². The van der Waals surface area contributed by atoms with Gasteiger partial charge in [0.1, 0.15) is 0 Å². The molecule has 0 amide bonds. The summed E-state index contributed by atoms with van der Waals surface area (Å²) in [7, 11) is 0. The van der Waals surface area contributed by atoms with Crippen LogP contribution in [0.25, 0.3) is 0 Å². The zero-order valence-electron chi connectivity index (χ0n) is 15.6. The molecule has 1 rings (SSSR count). The number of hydrogen-bond donors (Lipinski definition) is 0. The van der Waals surface area contributed by atoms with Crippen molar-refractivity contribution in [3.63, 3.8) is 0 Å². The van der Waals surface area contributed by atoms with Crippen LogP contribution in [0, 0.1) is 0 Å². The van der Waals surface area contributed by atoms with Crippen LogP contribution in [0.4, 0.5) is 0 Å². The molecule has 0 bridgehead atoms. The van der Waals surface area contributed by atoms with E-state index < -0.39 is 18.4 Å². The molecule has 3 heteroatoms. The third kappa shape index (κ3) is 5.81. The van der Waals surface area contributed by atoms with Gasteiger partial charge in [0, 0.05) is 0 Å². The second-order valence-corrected chi connectivity index (χ2v) is 22.2. The fourth-order valence-electron chi connectivity index (χ4n) is 3.23. The first kappa shape index (κ1) is 20.5. The van der Waals surface area contributed by atoms with E-state index in [4.69, 9.17) is 4.98 Å². The van der Waals surface area contributed by atoms with Crippen LogP contribution in [0.5, 0.6) is 0 Å². The quantitative estimate of drug-likeness (QED) is 0.336. The predicted octanol–water partition coefficient (Wildman–Crippen LogP) is 6.71. The van der Waals surface area contributed by atoms with Gasteiger partial charge in [-0.15, -0.1) is 0 Å². The molecule has 0 aliphatic rings. The summed E-state index contributed by atoms with van der Waals surface area (Å²) < 4.78 is 6.48. The standard InChI is InChI=1S/C7H10NS.3C4H9.Sn/c1-3-6(2)7-8-4-5-9-7;3*1-3-4-2;/h4,6H,3H2,1-2H3;3*1,3-4H2,2H3;. The van der Waals surface area contributed by atoms with Gasteiger partial charge in [-0.3, -0.25) is 0 Å². The van der Waals surface area contributed by atoms with Gasteiger partial charge in [0.15, 0.2) is 0 Å². The van der Waals surface area contributed by atoms with E-state index in [0.29, 0.717) is 5.92 Å². The van der Waals surface area contributed by atoms with Gasteiger partial charge in [0.2, 0.25) is 0 Å². The summed E-state index contributed by atoms with van der Waals surface area (Å²) in [6.45, 7) is 11.7. The summed E-state index contributed by atoms with van der Waals surface area (Å²) >= 11 is -0.0932. The fourth-order valence-corrected chi connectivity index (χ4v) is 23.1. The fraction of sp³-hybridized carbons (Fsp3) is 0.842. The first-order valence-corrected chi connectivity index (χ1v) is 17.9. The monoisotopic (exact) mass is 431 g/mol. The zero-order valence-corrected chi connectivity index (χ0v) is 19.3. The summed E-state index contributed by atoms with van der Waals surface area (Å²) in [5.41, 5.74) is 0. The number of unbranched alkanes of at least 4 members (excludes halogenated alkanes) is 3. The molecule has 1 nitrogen and oxygen atoms in total. The molecule has 0 saturated heterocycles. The van der Waals surface area contributed by atoms with E-state index in [1.54, 1.807) is 16.2 Å². The van der Waals surface area contributed by atoms with Crippen molar-refractivity contribution in [2.75, 3.05) is 0 Å². The van der Waals surface area contributed by atoms with Gasteiger partial charge in [-0.05, 0) is 0 Å². The summed E-state index contributed by atoms with van der Waals surface area (Å²) in [6.07, 6.45) is 11.9. The Morgan fingerprint density at radius 2 is 1.45 bits per heavy atom. The van der Waals surface area contributed by atoms with E-state index >= 15 is 0 Å². The van der Waals surface area contributed by atoms with E-state index in [1.165, 1.54) is 50.0 Å². The molecule has 128 valence electrons. The molecule has 0 fully saturated rings. The second kappa shape index (κ2) is 11.1. The molecule has 0 aliphatic heterocycles. The average molecular weight is 430 g/mol. The first-order valence-electron chi connectivity index (χ1n) is 9.59. The van der Waals surface area contributed by atoms with Crippen LogP contribution >= 0.6 is 11.3 Å². The number of rotatable bonds is 12. The Balaban J connectivity index is 3.05. The van der Waals surface area contributed by atoms with Crippen molar-refractivity contribution >= 4 is 32.6 Å². The number of aromatic nitrogens is 1. The van der Waals surface area contributed by atoms with Crippen LogP contribution in [0.3, 0.4) is 0 Å². The topological polar surface area (TPSA) is 12.9 Å². The van der Waals surface area contributed by atoms with Gasteiger partial charge in [0.25, 0.3) is 0 Å². The van der Waals surface area contributed by atoms with Crippen molar-refractivity contribution in [3.8, 4) is 0 Å². The van der Waals surface area contributed by atoms with Crippen LogP contribution < -0.4 is 2.89 Å². The summed E-state index contributed by atoms with van der Waals surface area (Å²) in [4.78, 5) is 4.85. The van der Waals surface area contributed by atoms with Crippen LogP contribution in [0.1, 0.15) is 90.5 Å². The second-order valence-electron chi connectivity index (χ2n) is 6.96. The molecule has 0 radical (unpaired) electrons.